The second-order valence-corrected chi connectivity index (χ2v) is 7.50. The summed E-state index contributed by atoms with van der Waals surface area (Å²) < 4.78 is 7.70. The predicted molar refractivity (Wildman–Crippen MR) is 116 cm³/mol. The zero-order valence-corrected chi connectivity index (χ0v) is 18.1. The van der Waals surface area contributed by atoms with Crippen LogP contribution in [-0.4, -0.2) is 78.9 Å². The fourth-order valence-electron chi connectivity index (χ4n) is 3.43. The quantitative estimate of drug-likeness (QED) is 0.368. The molecule has 2 fully saturated rings. The molecule has 0 saturated carbocycles. The van der Waals surface area contributed by atoms with Gasteiger partial charge in [0.15, 0.2) is 5.96 Å². The number of hydrogen-bond acceptors (Lipinski definition) is 4. The number of morpholine rings is 1. The van der Waals surface area contributed by atoms with Gasteiger partial charge in [-0.15, -0.1) is 24.0 Å². The molecule has 2 saturated heterocycles. The molecule has 2 aliphatic rings. The summed E-state index contributed by atoms with van der Waals surface area (Å²) in [5, 5.41) is 6.98. The summed E-state index contributed by atoms with van der Waals surface area (Å²) in [5.41, 5.74) is 0.243. The summed E-state index contributed by atoms with van der Waals surface area (Å²) in [6, 6.07) is 4.11. The Balaban J connectivity index is 0.00000225. The van der Waals surface area contributed by atoms with Crippen molar-refractivity contribution in [3.63, 3.8) is 0 Å². The Kier molecular flexibility index (Phi) is 8.88. The predicted octanol–water partition coefficient (Wildman–Crippen LogP) is 1.48. The Morgan fingerprint density at radius 3 is 2.64 bits per heavy atom. The van der Waals surface area contributed by atoms with E-state index in [9.17, 15) is 0 Å². The van der Waals surface area contributed by atoms with Crippen LogP contribution in [0.4, 0.5) is 0 Å². The standard InChI is InChI=1S/C17H29N5OS.HI/c1-18-16(19-5-8-21-6-2-3-7-21)20-14-17(4-13-24-15-17)22-9-11-23-12-10-22;/h2-3,6-7H,4-5,8-15H2,1H3,(H2,18,19,20);1H. The Morgan fingerprint density at radius 2 is 2.00 bits per heavy atom. The van der Waals surface area contributed by atoms with Crippen molar-refractivity contribution in [2.24, 2.45) is 4.99 Å². The van der Waals surface area contributed by atoms with Gasteiger partial charge in [-0.3, -0.25) is 9.89 Å². The Bertz CT molecular complexity index is 513. The van der Waals surface area contributed by atoms with E-state index in [0.29, 0.717) is 0 Å². The fourth-order valence-corrected chi connectivity index (χ4v) is 4.90. The molecule has 142 valence electrons. The summed E-state index contributed by atoms with van der Waals surface area (Å²) in [6.07, 6.45) is 5.41. The molecule has 1 unspecified atom stereocenters. The van der Waals surface area contributed by atoms with Crippen molar-refractivity contribution in [3.8, 4) is 0 Å². The number of nitrogens with one attached hydrogen (secondary N) is 2. The van der Waals surface area contributed by atoms with E-state index in [4.69, 9.17) is 4.74 Å². The van der Waals surface area contributed by atoms with Crippen LogP contribution in [-0.2, 0) is 11.3 Å². The van der Waals surface area contributed by atoms with E-state index in [2.05, 4.69) is 61.4 Å². The van der Waals surface area contributed by atoms with Gasteiger partial charge in [0.1, 0.15) is 0 Å². The molecule has 0 radical (unpaired) electrons. The van der Waals surface area contributed by atoms with Crippen LogP contribution in [0.1, 0.15) is 6.42 Å². The Morgan fingerprint density at radius 1 is 1.24 bits per heavy atom. The molecular formula is C17H30IN5OS. The molecular weight excluding hydrogens is 449 g/mol. The Labute approximate surface area is 172 Å². The third-order valence-corrected chi connectivity index (χ3v) is 6.14. The number of aliphatic imine (C=N–C) groups is 1. The van der Waals surface area contributed by atoms with Crippen molar-refractivity contribution in [2.75, 3.05) is 57.9 Å². The highest BCUT2D eigenvalue weighted by molar-refractivity contribution is 14.0. The molecule has 2 N–H and O–H groups in total. The molecule has 0 bridgehead atoms. The molecule has 1 atom stereocenters. The van der Waals surface area contributed by atoms with Crippen molar-refractivity contribution in [1.82, 2.24) is 20.1 Å². The van der Waals surface area contributed by atoms with Gasteiger partial charge in [-0.1, -0.05) is 0 Å². The first-order valence-corrected chi connectivity index (χ1v) is 9.94. The zero-order valence-electron chi connectivity index (χ0n) is 14.9. The largest absolute Gasteiger partial charge is 0.379 e. The number of aromatic nitrogens is 1. The van der Waals surface area contributed by atoms with Crippen LogP contribution in [0.3, 0.4) is 0 Å². The first kappa shape index (κ1) is 20.9. The van der Waals surface area contributed by atoms with E-state index < -0.39 is 0 Å². The number of thioether (sulfide) groups is 1. The Hall–Kier alpha value is -0.450. The van der Waals surface area contributed by atoms with Crippen LogP contribution in [0.5, 0.6) is 0 Å². The summed E-state index contributed by atoms with van der Waals surface area (Å²) >= 11 is 2.06. The molecule has 8 heteroatoms. The van der Waals surface area contributed by atoms with Gasteiger partial charge in [0, 0.05) is 63.5 Å². The van der Waals surface area contributed by atoms with Crippen molar-refractivity contribution in [1.29, 1.82) is 0 Å². The molecule has 1 aromatic rings. The van der Waals surface area contributed by atoms with E-state index in [1.165, 1.54) is 17.9 Å². The van der Waals surface area contributed by atoms with Gasteiger partial charge < -0.3 is 19.9 Å². The minimum absolute atomic E-state index is 0. The first-order chi connectivity index (χ1) is 11.8. The van der Waals surface area contributed by atoms with Crippen molar-refractivity contribution < 1.29 is 4.74 Å². The SMILES string of the molecule is CN=C(NCCn1cccc1)NCC1(N2CCOCC2)CCSC1.I. The molecule has 0 amide bonds. The van der Waals surface area contributed by atoms with Crippen LogP contribution in [0.2, 0.25) is 0 Å². The molecule has 0 spiro atoms. The van der Waals surface area contributed by atoms with Crippen molar-refractivity contribution >= 4 is 41.7 Å². The molecule has 6 nitrogen and oxygen atoms in total. The molecule has 1 aromatic heterocycles. The lowest BCUT2D eigenvalue weighted by Gasteiger charge is -2.43. The number of rotatable bonds is 6. The summed E-state index contributed by atoms with van der Waals surface area (Å²) in [6.45, 7) is 6.56. The van der Waals surface area contributed by atoms with E-state index in [0.717, 1.165) is 51.9 Å². The van der Waals surface area contributed by atoms with E-state index >= 15 is 0 Å². The topological polar surface area (TPSA) is 53.8 Å². The maximum absolute atomic E-state index is 5.53. The highest BCUT2D eigenvalue weighted by Gasteiger charge is 2.40. The summed E-state index contributed by atoms with van der Waals surface area (Å²) in [7, 11) is 1.84. The maximum Gasteiger partial charge on any atom is 0.191 e. The van der Waals surface area contributed by atoms with E-state index in [1.54, 1.807) is 0 Å². The average Bonchev–Trinajstić information content (AvgIpc) is 3.31. The van der Waals surface area contributed by atoms with Crippen molar-refractivity contribution in [2.45, 2.75) is 18.5 Å². The van der Waals surface area contributed by atoms with Crippen LogP contribution >= 0.6 is 35.7 Å². The van der Waals surface area contributed by atoms with Crippen LogP contribution in [0.25, 0.3) is 0 Å². The molecule has 3 heterocycles. The minimum Gasteiger partial charge on any atom is -0.379 e. The number of hydrogen-bond donors (Lipinski definition) is 2. The first-order valence-electron chi connectivity index (χ1n) is 8.78. The minimum atomic E-state index is 0. The van der Waals surface area contributed by atoms with Gasteiger partial charge in [0.25, 0.3) is 0 Å². The van der Waals surface area contributed by atoms with E-state index in [1.807, 2.05) is 7.05 Å². The number of guanidine groups is 1. The fraction of sp³-hybridized carbons (Fsp3) is 0.706. The molecule has 0 aliphatic carbocycles. The molecule has 3 rings (SSSR count). The third kappa shape index (κ3) is 5.77. The van der Waals surface area contributed by atoms with Gasteiger partial charge in [-0.05, 0) is 24.3 Å². The normalized spacial score (nSPS) is 24.8. The summed E-state index contributed by atoms with van der Waals surface area (Å²) in [4.78, 5) is 7.00. The lowest BCUT2D eigenvalue weighted by molar-refractivity contribution is -0.0120. The summed E-state index contributed by atoms with van der Waals surface area (Å²) in [5.74, 6) is 3.34. The third-order valence-electron chi connectivity index (χ3n) is 4.90. The molecule has 2 aliphatic heterocycles. The number of nitrogens with zero attached hydrogens (tertiary/aromatic N) is 3. The smallest absolute Gasteiger partial charge is 0.191 e. The average molecular weight is 479 g/mol. The monoisotopic (exact) mass is 479 g/mol. The second-order valence-electron chi connectivity index (χ2n) is 6.40. The van der Waals surface area contributed by atoms with Crippen LogP contribution in [0.15, 0.2) is 29.5 Å². The van der Waals surface area contributed by atoms with Gasteiger partial charge >= 0.3 is 0 Å². The van der Waals surface area contributed by atoms with Crippen LogP contribution < -0.4 is 10.6 Å². The van der Waals surface area contributed by atoms with E-state index in [-0.39, 0.29) is 29.5 Å². The lowest BCUT2D eigenvalue weighted by atomic mass is 9.95. The number of ether oxygens (including phenoxy) is 1. The zero-order chi connectivity index (χ0) is 16.7. The van der Waals surface area contributed by atoms with Gasteiger partial charge in [0.05, 0.1) is 13.2 Å². The van der Waals surface area contributed by atoms with Gasteiger partial charge in [-0.25, -0.2) is 0 Å². The lowest BCUT2D eigenvalue weighted by Crippen LogP contribution is -2.60. The molecule has 25 heavy (non-hydrogen) atoms. The number of halogens is 1. The maximum atomic E-state index is 5.53. The molecule has 0 aromatic carbocycles. The highest BCUT2D eigenvalue weighted by atomic mass is 127. The van der Waals surface area contributed by atoms with Gasteiger partial charge in [-0.2, -0.15) is 11.8 Å². The van der Waals surface area contributed by atoms with Crippen molar-refractivity contribution in [3.05, 3.63) is 24.5 Å². The highest BCUT2D eigenvalue weighted by Crippen LogP contribution is 2.33. The van der Waals surface area contributed by atoms with Crippen LogP contribution in [0, 0.1) is 0 Å². The van der Waals surface area contributed by atoms with Gasteiger partial charge in [0.2, 0.25) is 0 Å². The second kappa shape index (κ2) is 10.6.